The molecule has 1 aliphatic rings. The van der Waals surface area contributed by atoms with E-state index in [9.17, 15) is 5.11 Å². The quantitative estimate of drug-likeness (QED) is 0.845. The minimum atomic E-state index is -0.244. The molecule has 0 bridgehead atoms. The first kappa shape index (κ1) is 12.6. The van der Waals surface area contributed by atoms with E-state index in [-0.39, 0.29) is 12.1 Å². The summed E-state index contributed by atoms with van der Waals surface area (Å²) in [6.07, 6.45) is 4.19. The van der Waals surface area contributed by atoms with E-state index < -0.39 is 0 Å². The van der Waals surface area contributed by atoms with Gasteiger partial charge in [0.1, 0.15) is 5.76 Å². The van der Waals surface area contributed by atoms with Crippen LogP contribution in [0.25, 0.3) is 0 Å². The Morgan fingerprint density at radius 3 is 3.00 bits per heavy atom. The number of aryl methyl sites for hydroxylation is 1. The van der Waals surface area contributed by atoms with Gasteiger partial charge in [-0.3, -0.25) is 0 Å². The molecule has 4 heteroatoms. The first-order valence-corrected chi connectivity index (χ1v) is 6.28. The van der Waals surface area contributed by atoms with Crippen LogP contribution in [0.3, 0.4) is 0 Å². The lowest BCUT2D eigenvalue weighted by Crippen LogP contribution is -2.46. The Bertz CT molecular complexity index is 373. The Morgan fingerprint density at radius 1 is 1.59 bits per heavy atom. The van der Waals surface area contributed by atoms with Crippen LogP contribution in [0.5, 0.6) is 0 Å². The zero-order chi connectivity index (χ0) is 12.5. The third kappa shape index (κ3) is 3.07. The van der Waals surface area contributed by atoms with E-state index in [0.717, 1.165) is 30.7 Å². The van der Waals surface area contributed by atoms with Crippen LogP contribution in [0.15, 0.2) is 10.8 Å². The molecule has 1 heterocycles. The van der Waals surface area contributed by atoms with Crippen molar-refractivity contribution in [3.8, 4) is 0 Å². The van der Waals surface area contributed by atoms with E-state index in [0.29, 0.717) is 12.0 Å². The summed E-state index contributed by atoms with van der Waals surface area (Å²) in [4.78, 5) is 4.06. The number of rotatable bonds is 3. The summed E-state index contributed by atoms with van der Waals surface area (Å²) in [5, 5.41) is 13.4. The van der Waals surface area contributed by atoms with Crippen LogP contribution in [0.1, 0.15) is 44.6 Å². The fourth-order valence-corrected chi connectivity index (χ4v) is 2.50. The Balaban J connectivity index is 1.91. The van der Waals surface area contributed by atoms with Crippen LogP contribution in [-0.4, -0.2) is 22.2 Å². The molecule has 1 aromatic rings. The number of aliphatic hydroxyl groups is 1. The van der Waals surface area contributed by atoms with Gasteiger partial charge in [-0.2, -0.15) is 0 Å². The molecule has 0 unspecified atom stereocenters. The fraction of sp³-hybridized carbons (Fsp3) is 0.769. The third-order valence-electron chi connectivity index (χ3n) is 3.72. The summed E-state index contributed by atoms with van der Waals surface area (Å²) >= 11 is 0. The van der Waals surface area contributed by atoms with Crippen molar-refractivity contribution in [2.45, 2.75) is 58.7 Å². The van der Waals surface area contributed by atoms with Crippen LogP contribution in [-0.2, 0) is 6.54 Å². The maximum absolute atomic E-state index is 9.99. The van der Waals surface area contributed by atoms with Crippen LogP contribution in [0.2, 0.25) is 0 Å². The normalized spacial score (nSPS) is 28.2. The average Bonchev–Trinajstić information content (AvgIpc) is 2.66. The molecule has 1 aromatic heterocycles. The van der Waals surface area contributed by atoms with Gasteiger partial charge in [-0.1, -0.05) is 13.8 Å². The highest BCUT2D eigenvalue weighted by Crippen LogP contribution is 2.35. The Hall–Kier alpha value is -0.870. The van der Waals surface area contributed by atoms with E-state index in [2.05, 4.69) is 24.1 Å². The lowest BCUT2D eigenvalue weighted by atomic mass is 9.74. The van der Waals surface area contributed by atoms with Crippen molar-refractivity contribution < 1.29 is 9.52 Å². The van der Waals surface area contributed by atoms with Crippen LogP contribution in [0, 0.1) is 12.3 Å². The van der Waals surface area contributed by atoms with Gasteiger partial charge in [0.25, 0.3) is 0 Å². The molecule has 2 N–H and O–H groups in total. The molecule has 0 spiro atoms. The van der Waals surface area contributed by atoms with E-state index >= 15 is 0 Å². The third-order valence-corrected chi connectivity index (χ3v) is 3.72. The lowest BCUT2D eigenvalue weighted by Gasteiger charge is -2.38. The highest BCUT2D eigenvalue weighted by molar-refractivity contribution is 5.04. The molecule has 0 saturated heterocycles. The number of aromatic nitrogens is 1. The van der Waals surface area contributed by atoms with Gasteiger partial charge in [-0.25, -0.2) is 4.98 Å². The molecule has 2 rings (SSSR count). The summed E-state index contributed by atoms with van der Waals surface area (Å²) in [6, 6.07) is 0.156. The number of nitrogens with zero attached hydrogens (tertiary/aromatic N) is 1. The van der Waals surface area contributed by atoms with Gasteiger partial charge in [0, 0.05) is 6.04 Å². The molecule has 1 aliphatic carbocycles. The molecule has 2 atom stereocenters. The van der Waals surface area contributed by atoms with Crippen molar-refractivity contribution in [3.63, 3.8) is 0 Å². The monoisotopic (exact) mass is 238 g/mol. The second kappa shape index (κ2) is 4.78. The fourth-order valence-electron chi connectivity index (χ4n) is 2.50. The standard InChI is InChI=1S/C13H22N2O2/c1-9-12(17-8-15-9)7-14-10-6-13(2,3)5-4-11(10)16/h8,10-11,14,16H,4-7H2,1-3H3/t10-,11-/m1/s1. The summed E-state index contributed by atoms with van der Waals surface area (Å²) < 4.78 is 5.29. The van der Waals surface area contributed by atoms with Crippen molar-refractivity contribution in [2.75, 3.05) is 0 Å². The van der Waals surface area contributed by atoms with Crippen LogP contribution < -0.4 is 5.32 Å². The number of hydrogen-bond donors (Lipinski definition) is 2. The molecule has 17 heavy (non-hydrogen) atoms. The summed E-state index contributed by atoms with van der Waals surface area (Å²) in [5.41, 5.74) is 1.23. The largest absolute Gasteiger partial charge is 0.447 e. The van der Waals surface area contributed by atoms with Gasteiger partial charge in [0.2, 0.25) is 0 Å². The van der Waals surface area contributed by atoms with Crippen molar-refractivity contribution in [3.05, 3.63) is 17.8 Å². The maximum Gasteiger partial charge on any atom is 0.181 e. The summed E-state index contributed by atoms with van der Waals surface area (Å²) in [6.45, 7) is 7.09. The van der Waals surface area contributed by atoms with Gasteiger partial charge >= 0.3 is 0 Å². The minimum Gasteiger partial charge on any atom is -0.447 e. The lowest BCUT2D eigenvalue weighted by molar-refractivity contribution is 0.0420. The number of hydrogen-bond acceptors (Lipinski definition) is 4. The average molecular weight is 238 g/mol. The highest BCUT2D eigenvalue weighted by atomic mass is 16.3. The molecule has 0 aliphatic heterocycles. The SMILES string of the molecule is Cc1ncoc1CN[C@@H]1CC(C)(C)CC[C@H]1O. The highest BCUT2D eigenvalue weighted by Gasteiger charge is 2.33. The predicted molar refractivity (Wildman–Crippen MR) is 65.5 cm³/mol. The Morgan fingerprint density at radius 2 is 2.35 bits per heavy atom. The summed E-state index contributed by atoms with van der Waals surface area (Å²) in [7, 11) is 0. The topological polar surface area (TPSA) is 58.3 Å². The molecule has 0 amide bonds. The molecular weight excluding hydrogens is 216 g/mol. The van der Waals surface area contributed by atoms with E-state index in [1.54, 1.807) is 0 Å². The molecule has 96 valence electrons. The molecule has 0 radical (unpaired) electrons. The summed E-state index contributed by atoms with van der Waals surface area (Å²) in [5.74, 6) is 0.862. The van der Waals surface area contributed by atoms with E-state index in [4.69, 9.17) is 4.42 Å². The Kier molecular flexibility index (Phi) is 3.54. The van der Waals surface area contributed by atoms with Gasteiger partial charge in [-0.15, -0.1) is 0 Å². The van der Waals surface area contributed by atoms with Crippen LogP contribution in [0.4, 0.5) is 0 Å². The van der Waals surface area contributed by atoms with Crippen molar-refractivity contribution in [1.82, 2.24) is 10.3 Å². The number of oxazole rings is 1. The van der Waals surface area contributed by atoms with Gasteiger partial charge in [0.05, 0.1) is 18.3 Å². The molecular formula is C13H22N2O2. The van der Waals surface area contributed by atoms with Gasteiger partial charge in [-0.05, 0) is 31.6 Å². The molecule has 4 nitrogen and oxygen atoms in total. The zero-order valence-corrected chi connectivity index (χ0v) is 10.9. The van der Waals surface area contributed by atoms with Crippen molar-refractivity contribution >= 4 is 0 Å². The second-order valence-corrected chi connectivity index (χ2v) is 5.82. The molecule has 1 saturated carbocycles. The zero-order valence-electron chi connectivity index (χ0n) is 10.9. The minimum absolute atomic E-state index is 0.156. The van der Waals surface area contributed by atoms with E-state index in [1.165, 1.54) is 6.39 Å². The first-order chi connectivity index (χ1) is 7.98. The predicted octanol–water partition coefficient (Wildman–Crippen LogP) is 2.01. The number of nitrogens with one attached hydrogen (secondary N) is 1. The smallest absolute Gasteiger partial charge is 0.181 e. The van der Waals surface area contributed by atoms with Crippen molar-refractivity contribution in [1.29, 1.82) is 0 Å². The van der Waals surface area contributed by atoms with Gasteiger partial charge < -0.3 is 14.8 Å². The molecule has 0 aromatic carbocycles. The Labute approximate surface area is 102 Å². The van der Waals surface area contributed by atoms with E-state index in [1.807, 2.05) is 6.92 Å². The van der Waals surface area contributed by atoms with Gasteiger partial charge in [0.15, 0.2) is 6.39 Å². The number of aliphatic hydroxyl groups excluding tert-OH is 1. The maximum atomic E-state index is 9.99. The van der Waals surface area contributed by atoms with Crippen LogP contribution >= 0.6 is 0 Å². The first-order valence-electron chi connectivity index (χ1n) is 6.28. The second-order valence-electron chi connectivity index (χ2n) is 5.82. The molecule has 1 fully saturated rings. The van der Waals surface area contributed by atoms with Crippen molar-refractivity contribution in [2.24, 2.45) is 5.41 Å².